The van der Waals surface area contributed by atoms with Crippen molar-refractivity contribution in [2.24, 2.45) is 0 Å². The molecule has 0 bridgehead atoms. The number of hydrogen-bond acceptors (Lipinski definition) is 10. The number of benzene rings is 17. The van der Waals surface area contributed by atoms with Crippen LogP contribution in [0.5, 0.6) is 0 Å². The van der Waals surface area contributed by atoms with Gasteiger partial charge in [0, 0.05) is 148 Å². The molecule has 0 aromatic heterocycles. The van der Waals surface area contributed by atoms with Crippen molar-refractivity contribution in [3.05, 3.63) is 461 Å². The van der Waals surface area contributed by atoms with E-state index in [0.717, 1.165) is 148 Å². The molecule has 538 valence electrons. The SMILES string of the molecule is c1ccc(N(c2ccccc2)c2ccc(N(c3ccc(Nc4ccc(Nc5ccc(Nc6ccc(Nc7ccc(N(c8ccc(N(c9ccccc9)c9ccccc9)cc8)c8ccc(N(c9ccccc9)c9ccccc9)cc8)cc7)cc6)cc5)cc4)cc3)c3ccc(N(c4ccccc4)c4ccccc4)cc3)cc2)cc1. The highest BCUT2D eigenvalue weighted by Gasteiger charge is 2.22. The Morgan fingerprint density at radius 3 is 0.277 bits per heavy atom. The third kappa shape index (κ3) is 16.2. The number of anilines is 26. The topological polar surface area (TPSA) is 67.6 Å². The molecule has 0 fully saturated rings. The van der Waals surface area contributed by atoms with E-state index in [1.807, 2.05) is 0 Å². The van der Waals surface area contributed by atoms with Crippen molar-refractivity contribution in [1.29, 1.82) is 0 Å². The molecule has 0 radical (unpaired) electrons. The van der Waals surface area contributed by atoms with Crippen molar-refractivity contribution in [3.8, 4) is 0 Å². The van der Waals surface area contributed by atoms with Crippen LogP contribution in [0.4, 0.5) is 148 Å². The first-order valence-corrected chi connectivity index (χ1v) is 37.7. The predicted molar refractivity (Wildman–Crippen MR) is 473 cm³/mol. The van der Waals surface area contributed by atoms with Gasteiger partial charge in [0.05, 0.1) is 0 Å². The van der Waals surface area contributed by atoms with E-state index >= 15 is 0 Å². The van der Waals surface area contributed by atoms with Gasteiger partial charge in [-0.05, 0) is 315 Å². The smallest absolute Gasteiger partial charge is 0.0463 e. The van der Waals surface area contributed by atoms with Crippen molar-refractivity contribution in [3.63, 3.8) is 0 Å². The average molecular weight is 1450 g/mol. The van der Waals surface area contributed by atoms with E-state index in [1.165, 1.54) is 0 Å². The quantitative estimate of drug-likeness (QED) is 0.0422. The average Bonchev–Trinajstić information content (AvgIpc) is 0.782. The van der Waals surface area contributed by atoms with Gasteiger partial charge in [0.2, 0.25) is 0 Å². The lowest BCUT2D eigenvalue weighted by Crippen LogP contribution is -2.13. The third-order valence-corrected chi connectivity index (χ3v) is 19.6. The fraction of sp³-hybridized carbons (Fsp3) is 0. The summed E-state index contributed by atoms with van der Waals surface area (Å²) < 4.78 is 0. The first-order chi connectivity index (χ1) is 55.5. The van der Waals surface area contributed by atoms with Gasteiger partial charge in [-0.25, -0.2) is 0 Å². The third-order valence-electron chi connectivity index (χ3n) is 19.6. The van der Waals surface area contributed by atoms with E-state index in [2.05, 4.69) is 512 Å². The van der Waals surface area contributed by atoms with Crippen LogP contribution in [0.25, 0.3) is 0 Å². The van der Waals surface area contributed by atoms with Crippen LogP contribution < -0.4 is 50.7 Å². The second-order valence-corrected chi connectivity index (χ2v) is 27.1. The molecule has 17 aromatic rings. The molecule has 0 amide bonds. The molecule has 4 N–H and O–H groups in total. The number of para-hydroxylation sites is 8. The summed E-state index contributed by atoms with van der Waals surface area (Å²) in [6.07, 6.45) is 0. The van der Waals surface area contributed by atoms with Crippen LogP contribution in [-0.4, -0.2) is 0 Å². The second-order valence-electron chi connectivity index (χ2n) is 27.1. The van der Waals surface area contributed by atoms with Crippen LogP contribution in [0, 0.1) is 0 Å². The molecular weight excluding hydrogens is 1370 g/mol. The molecule has 0 atom stereocenters. The summed E-state index contributed by atoms with van der Waals surface area (Å²) in [6, 6.07) is 162. The summed E-state index contributed by atoms with van der Waals surface area (Å²) >= 11 is 0. The zero-order chi connectivity index (χ0) is 75.0. The molecule has 0 aliphatic rings. The molecule has 10 nitrogen and oxygen atoms in total. The Labute approximate surface area is 655 Å². The highest BCUT2D eigenvalue weighted by atomic mass is 15.2. The van der Waals surface area contributed by atoms with Gasteiger partial charge in [-0.1, -0.05) is 146 Å². The maximum atomic E-state index is 3.65. The summed E-state index contributed by atoms with van der Waals surface area (Å²) in [5.41, 5.74) is 27.0. The van der Waals surface area contributed by atoms with Gasteiger partial charge < -0.3 is 50.7 Å². The molecule has 0 spiro atoms. The summed E-state index contributed by atoms with van der Waals surface area (Å²) in [6.45, 7) is 0. The van der Waals surface area contributed by atoms with Crippen LogP contribution in [-0.2, 0) is 0 Å². The highest BCUT2D eigenvalue weighted by molar-refractivity contribution is 5.87. The summed E-state index contributed by atoms with van der Waals surface area (Å²) in [4.78, 5) is 13.8. The lowest BCUT2D eigenvalue weighted by molar-refractivity contribution is 1.24. The number of rotatable bonds is 26. The molecular formula is C102H80N10. The Morgan fingerprint density at radius 2 is 0.170 bits per heavy atom. The molecule has 10 heteroatoms. The summed E-state index contributed by atoms with van der Waals surface area (Å²) in [5, 5.41) is 14.5. The summed E-state index contributed by atoms with van der Waals surface area (Å²) in [5.74, 6) is 0. The predicted octanol–water partition coefficient (Wildman–Crippen LogP) is 29.5. The molecule has 0 saturated heterocycles. The van der Waals surface area contributed by atoms with E-state index in [0.29, 0.717) is 0 Å². The molecule has 0 aliphatic heterocycles. The first-order valence-electron chi connectivity index (χ1n) is 37.7. The summed E-state index contributed by atoms with van der Waals surface area (Å²) in [7, 11) is 0. The van der Waals surface area contributed by atoms with E-state index < -0.39 is 0 Å². The van der Waals surface area contributed by atoms with Crippen molar-refractivity contribution in [1.82, 2.24) is 0 Å². The fourth-order valence-electron chi connectivity index (χ4n) is 14.3. The minimum absolute atomic E-state index is 0.976. The Morgan fingerprint density at radius 1 is 0.0893 bits per heavy atom. The Kier molecular flexibility index (Phi) is 20.7. The van der Waals surface area contributed by atoms with Crippen LogP contribution >= 0.6 is 0 Å². The number of nitrogens with one attached hydrogen (secondary N) is 4. The minimum atomic E-state index is 0.976. The van der Waals surface area contributed by atoms with E-state index in [4.69, 9.17) is 0 Å². The van der Waals surface area contributed by atoms with Gasteiger partial charge in [-0.15, -0.1) is 0 Å². The largest absolute Gasteiger partial charge is 0.356 e. The maximum Gasteiger partial charge on any atom is 0.0463 e. The zero-order valence-electron chi connectivity index (χ0n) is 61.6. The molecule has 0 heterocycles. The molecule has 17 aromatic carbocycles. The molecule has 0 saturated carbocycles. The van der Waals surface area contributed by atoms with Gasteiger partial charge in [-0.3, -0.25) is 0 Å². The normalized spacial score (nSPS) is 10.9. The Hall–Kier alpha value is -15.3. The lowest BCUT2D eigenvalue weighted by Gasteiger charge is -2.29. The maximum absolute atomic E-state index is 3.65. The number of hydrogen-bond donors (Lipinski definition) is 4. The Balaban J connectivity index is 0.552. The standard InChI is InChI=1S/C102H80N10/c1-9-25-85(26-10-1)107(86-27-11-2-12-28-86)95-61-69-99(70-62-95)111(100-71-63-96(64-72-100)108(87-29-13-3-14-30-87)88-31-15-4-16-32-88)93-57-53-83(54-58-93)105-81-49-45-79(46-50-81)103-77-41-43-78(44-42-77)104-80-47-51-82(52-48-80)106-84-55-59-94(60-56-84)112(101-73-65-97(66-74-101)109(89-33-17-5-18-34-89)90-35-19-6-20-36-90)102-75-67-98(68-76-102)110(91-37-21-7-22-38-91)92-39-23-8-24-40-92/h1-76,103-106H. The first kappa shape index (κ1) is 69.8. The molecule has 0 unspecified atom stereocenters. The van der Waals surface area contributed by atoms with Crippen molar-refractivity contribution >= 4 is 148 Å². The fourth-order valence-corrected chi connectivity index (χ4v) is 14.3. The van der Waals surface area contributed by atoms with Gasteiger partial charge in [0.25, 0.3) is 0 Å². The van der Waals surface area contributed by atoms with Crippen LogP contribution in [0.15, 0.2) is 461 Å². The molecule has 0 aliphatic carbocycles. The van der Waals surface area contributed by atoms with E-state index in [-0.39, 0.29) is 0 Å². The van der Waals surface area contributed by atoms with Crippen molar-refractivity contribution < 1.29 is 0 Å². The van der Waals surface area contributed by atoms with Gasteiger partial charge >= 0.3 is 0 Å². The molecule has 112 heavy (non-hydrogen) atoms. The highest BCUT2D eigenvalue weighted by Crippen LogP contribution is 2.45. The van der Waals surface area contributed by atoms with Gasteiger partial charge in [0.1, 0.15) is 0 Å². The lowest BCUT2D eigenvalue weighted by atomic mass is 10.1. The zero-order valence-corrected chi connectivity index (χ0v) is 61.6. The van der Waals surface area contributed by atoms with Gasteiger partial charge in [0.15, 0.2) is 0 Å². The van der Waals surface area contributed by atoms with E-state index in [9.17, 15) is 0 Å². The van der Waals surface area contributed by atoms with E-state index in [1.54, 1.807) is 0 Å². The molecule has 17 rings (SSSR count). The van der Waals surface area contributed by atoms with Crippen LogP contribution in [0.1, 0.15) is 0 Å². The Bertz CT molecular complexity index is 5010. The monoisotopic (exact) mass is 1440 g/mol. The van der Waals surface area contributed by atoms with Crippen LogP contribution in [0.3, 0.4) is 0 Å². The second kappa shape index (κ2) is 33.3. The number of nitrogens with zero attached hydrogens (tertiary/aromatic N) is 6. The van der Waals surface area contributed by atoms with Gasteiger partial charge in [-0.2, -0.15) is 0 Å². The van der Waals surface area contributed by atoms with Crippen LogP contribution in [0.2, 0.25) is 0 Å². The van der Waals surface area contributed by atoms with Crippen molar-refractivity contribution in [2.75, 3.05) is 50.7 Å². The van der Waals surface area contributed by atoms with Crippen molar-refractivity contribution in [2.45, 2.75) is 0 Å². The minimum Gasteiger partial charge on any atom is -0.356 e.